The first kappa shape index (κ1) is 21.2. The number of nitrogens with one attached hydrogen (secondary N) is 2. The van der Waals surface area contributed by atoms with Crippen LogP contribution < -0.4 is 10.2 Å². The lowest BCUT2D eigenvalue weighted by Gasteiger charge is -2.33. The second-order valence-corrected chi connectivity index (χ2v) is 7.26. The fraction of sp³-hybridized carbons (Fsp3) is 0.579. The summed E-state index contributed by atoms with van der Waals surface area (Å²) in [4.78, 5) is 27.2. The molecular weight excluding hydrogens is 359 g/mol. The predicted octanol–water partition coefficient (Wildman–Crippen LogP) is 1.74. The average Bonchev–Trinajstić information content (AvgIpc) is 2.67. The molecule has 1 fully saturated rings. The van der Waals surface area contributed by atoms with Crippen LogP contribution in [0.5, 0.6) is 0 Å². The van der Waals surface area contributed by atoms with Crippen LogP contribution in [0.1, 0.15) is 39.0 Å². The van der Waals surface area contributed by atoms with Crippen molar-refractivity contribution in [1.82, 2.24) is 4.90 Å². The third-order valence-corrected chi connectivity index (χ3v) is 5.33. The summed E-state index contributed by atoms with van der Waals surface area (Å²) in [5.41, 5.74) is -0.426. The SMILES string of the molecule is C[C@H](C(=O)N(C)C1CCCCC1)[NH+](C)CC(=O)Nc1ccc(F)c(F)c1F. The van der Waals surface area contributed by atoms with Gasteiger partial charge in [0.15, 0.2) is 30.0 Å². The van der Waals surface area contributed by atoms with Crippen molar-refractivity contribution in [3.63, 3.8) is 0 Å². The van der Waals surface area contributed by atoms with Gasteiger partial charge in [-0.1, -0.05) is 19.3 Å². The smallest absolute Gasteiger partial charge is 0.280 e. The Labute approximate surface area is 157 Å². The molecular formula is C19H27F3N3O2+. The van der Waals surface area contributed by atoms with Gasteiger partial charge in [-0.15, -0.1) is 0 Å². The molecule has 2 rings (SSSR count). The van der Waals surface area contributed by atoms with Crippen molar-refractivity contribution >= 4 is 17.5 Å². The van der Waals surface area contributed by atoms with Gasteiger partial charge in [-0.25, -0.2) is 13.2 Å². The molecule has 0 spiro atoms. The fourth-order valence-corrected chi connectivity index (χ4v) is 3.39. The monoisotopic (exact) mass is 386 g/mol. The Morgan fingerprint density at radius 2 is 1.81 bits per heavy atom. The number of carbonyl (C=O) groups excluding carboxylic acids is 2. The molecule has 0 aliphatic heterocycles. The zero-order valence-corrected chi connectivity index (χ0v) is 15.9. The molecule has 27 heavy (non-hydrogen) atoms. The minimum atomic E-state index is -1.63. The third kappa shape index (κ3) is 5.22. The standard InChI is InChI=1S/C19H26F3N3O2/c1-12(19(27)25(3)13-7-5-4-6-8-13)24(2)11-16(26)23-15-10-9-14(20)17(21)18(15)22/h9-10,12-13H,4-8,11H2,1-3H3,(H,23,26)/p+1/t12-/m1/s1. The van der Waals surface area contributed by atoms with E-state index in [0.717, 1.165) is 37.8 Å². The number of anilines is 1. The lowest BCUT2D eigenvalue weighted by Crippen LogP contribution is -3.15. The molecule has 0 bridgehead atoms. The number of hydrogen-bond acceptors (Lipinski definition) is 2. The summed E-state index contributed by atoms with van der Waals surface area (Å²) in [6, 6.07) is 1.48. The van der Waals surface area contributed by atoms with Gasteiger partial charge in [-0.2, -0.15) is 0 Å². The molecule has 5 nitrogen and oxygen atoms in total. The molecule has 1 aliphatic carbocycles. The van der Waals surface area contributed by atoms with E-state index in [-0.39, 0.29) is 18.5 Å². The summed E-state index contributed by atoms with van der Waals surface area (Å²) in [6.07, 6.45) is 5.40. The molecule has 8 heteroatoms. The van der Waals surface area contributed by atoms with Gasteiger partial charge in [-0.3, -0.25) is 9.59 Å². The quantitative estimate of drug-likeness (QED) is 0.732. The number of rotatable bonds is 6. The van der Waals surface area contributed by atoms with Crippen molar-refractivity contribution in [3.8, 4) is 0 Å². The molecule has 1 saturated carbocycles. The Bertz CT molecular complexity index is 693. The first-order valence-corrected chi connectivity index (χ1v) is 9.24. The van der Waals surface area contributed by atoms with Crippen molar-refractivity contribution in [1.29, 1.82) is 0 Å². The minimum Gasteiger partial charge on any atom is -0.338 e. The number of quaternary nitrogens is 1. The number of halogens is 3. The number of hydrogen-bond donors (Lipinski definition) is 2. The number of nitrogens with zero attached hydrogens (tertiary/aromatic N) is 1. The van der Waals surface area contributed by atoms with Gasteiger partial charge in [0.1, 0.15) is 0 Å². The summed E-state index contributed by atoms with van der Waals surface area (Å²) in [5.74, 6) is -5.03. The Kier molecular flexibility index (Phi) is 7.24. The van der Waals surface area contributed by atoms with E-state index >= 15 is 0 Å². The van der Waals surface area contributed by atoms with Gasteiger partial charge in [0.2, 0.25) is 0 Å². The topological polar surface area (TPSA) is 53.9 Å². The number of amides is 2. The van der Waals surface area contributed by atoms with Crippen LogP contribution in [0, 0.1) is 17.5 Å². The molecule has 0 radical (unpaired) electrons. The lowest BCUT2D eigenvalue weighted by molar-refractivity contribution is -0.886. The van der Waals surface area contributed by atoms with Crippen molar-refractivity contribution in [2.24, 2.45) is 0 Å². The molecule has 0 saturated heterocycles. The maximum atomic E-state index is 13.7. The first-order chi connectivity index (χ1) is 12.7. The number of benzene rings is 1. The fourth-order valence-electron chi connectivity index (χ4n) is 3.39. The molecule has 2 amide bonds. The van der Waals surface area contributed by atoms with Gasteiger partial charge in [-0.05, 0) is 31.9 Å². The molecule has 1 aromatic rings. The van der Waals surface area contributed by atoms with Gasteiger partial charge in [0.05, 0.1) is 12.7 Å². The van der Waals surface area contributed by atoms with E-state index < -0.39 is 35.1 Å². The van der Waals surface area contributed by atoms with E-state index in [2.05, 4.69) is 5.32 Å². The molecule has 2 N–H and O–H groups in total. The Morgan fingerprint density at radius 3 is 2.44 bits per heavy atom. The van der Waals surface area contributed by atoms with E-state index in [4.69, 9.17) is 0 Å². The summed E-state index contributed by atoms with van der Waals surface area (Å²) in [7, 11) is 3.48. The van der Waals surface area contributed by atoms with E-state index in [1.807, 2.05) is 0 Å². The minimum absolute atomic E-state index is 0.0498. The lowest BCUT2D eigenvalue weighted by atomic mass is 9.94. The highest BCUT2D eigenvalue weighted by Gasteiger charge is 2.31. The van der Waals surface area contributed by atoms with Crippen LogP contribution in [-0.2, 0) is 9.59 Å². The molecule has 0 aromatic heterocycles. The second-order valence-electron chi connectivity index (χ2n) is 7.26. The maximum Gasteiger partial charge on any atom is 0.280 e. The molecule has 1 aromatic carbocycles. The summed E-state index contributed by atoms with van der Waals surface area (Å²) >= 11 is 0. The second kappa shape index (κ2) is 9.21. The van der Waals surface area contributed by atoms with Crippen LogP contribution >= 0.6 is 0 Å². The van der Waals surface area contributed by atoms with Gasteiger partial charge < -0.3 is 15.1 Å². The summed E-state index contributed by atoms with van der Waals surface area (Å²) in [5, 5.41) is 2.23. The van der Waals surface area contributed by atoms with Crippen LogP contribution in [0.3, 0.4) is 0 Å². The van der Waals surface area contributed by atoms with E-state index in [0.29, 0.717) is 4.90 Å². The van der Waals surface area contributed by atoms with Gasteiger partial charge in [0.25, 0.3) is 11.8 Å². The van der Waals surface area contributed by atoms with Crippen molar-refractivity contribution in [2.75, 3.05) is 26.0 Å². The third-order valence-electron chi connectivity index (χ3n) is 5.33. The van der Waals surface area contributed by atoms with E-state index in [1.54, 1.807) is 25.9 Å². The number of likely N-dealkylation sites (N-methyl/N-ethyl adjacent to an activating group) is 2. The van der Waals surface area contributed by atoms with Gasteiger partial charge in [0, 0.05) is 13.1 Å². The Hall–Kier alpha value is -2.09. The highest BCUT2D eigenvalue weighted by molar-refractivity contribution is 5.91. The first-order valence-electron chi connectivity index (χ1n) is 9.24. The Morgan fingerprint density at radius 1 is 1.19 bits per heavy atom. The van der Waals surface area contributed by atoms with Crippen LogP contribution in [0.4, 0.5) is 18.9 Å². The van der Waals surface area contributed by atoms with Crippen LogP contribution in [0.25, 0.3) is 0 Å². The van der Waals surface area contributed by atoms with Crippen molar-refractivity contribution in [3.05, 3.63) is 29.6 Å². The highest BCUT2D eigenvalue weighted by atomic mass is 19.2. The van der Waals surface area contributed by atoms with Crippen LogP contribution in [-0.4, -0.2) is 49.4 Å². The van der Waals surface area contributed by atoms with E-state index in [1.165, 1.54) is 6.42 Å². The molecule has 150 valence electrons. The molecule has 0 heterocycles. The van der Waals surface area contributed by atoms with Crippen molar-refractivity contribution < 1.29 is 27.7 Å². The zero-order valence-electron chi connectivity index (χ0n) is 15.9. The summed E-state index contributed by atoms with van der Waals surface area (Å²) in [6.45, 7) is 1.63. The zero-order chi connectivity index (χ0) is 20.1. The normalized spacial score (nSPS) is 17.3. The predicted molar refractivity (Wildman–Crippen MR) is 95.8 cm³/mol. The molecule has 1 aliphatic rings. The van der Waals surface area contributed by atoms with E-state index in [9.17, 15) is 22.8 Å². The maximum absolute atomic E-state index is 13.7. The molecule has 2 atom stereocenters. The van der Waals surface area contributed by atoms with Crippen LogP contribution in [0.2, 0.25) is 0 Å². The van der Waals surface area contributed by atoms with Crippen molar-refractivity contribution in [2.45, 2.75) is 51.1 Å². The largest absolute Gasteiger partial charge is 0.338 e. The molecule has 1 unspecified atom stereocenters. The van der Waals surface area contributed by atoms with Crippen LogP contribution in [0.15, 0.2) is 12.1 Å². The average molecular weight is 386 g/mol. The Balaban J connectivity index is 1.93. The summed E-state index contributed by atoms with van der Waals surface area (Å²) < 4.78 is 39.9. The highest BCUT2D eigenvalue weighted by Crippen LogP contribution is 2.22. The van der Waals surface area contributed by atoms with Gasteiger partial charge >= 0.3 is 0 Å². The number of carbonyl (C=O) groups is 2.